The van der Waals surface area contributed by atoms with Crippen molar-refractivity contribution < 1.29 is 18.7 Å². The van der Waals surface area contributed by atoms with Gasteiger partial charge < -0.3 is 14.8 Å². The SMILES string of the molecule is C=CCn1c(S[C@H](C)C(=O)Nc2ccc3c(c2)OCO3)nnc1-c1cccc(F)c1. The fourth-order valence-corrected chi connectivity index (χ4v) is 3.80. The number of anilines is 1. The molecule has 30 heavy (non-hydrogen) atoms. The number of benzene rings is 2. The van der Waals surface area contributed by atoms with Crippen molar-refractivity contribution >= 4 is 23.4 Å². The number of nitrogens with zero attached hydrogens (tertiary/aromatic N) is 3. The van der Waals surface area contributed by atoms with Crippen LogP contribution < -0.4 is 14.8 Å². The van der Waals surface area contributed by atoms with E-state index in [1.807, 2.05) is 0 Å². The Morgan fingerprint density at radius 3 is 2.93 bits per heavy atom. The van der Waals surface area contributed by atoms with Crippen LogP contribution in [0, 0.1) is 5.82 Å². The molecule has 0 unspecified atom stereocenters. The summed E-state index contributed by atoms with van der Waals surface area (Å²) in [5.41, 5.74) is 1.22. The number of nitrogens with one attached hydrogen (secondary N) is 1. The van der Waals surface area contributed by atoms with Crippen LogP contribution in [0.4, 0.5) is 10.1 Å². The molecule has 2 heterocycles. The number of aromatic nitrogens is 3. The van der Waals surface area contributed by atoms with Crippen molar-refractivity contribution in [3.63, 3.8) is 0 Å². The van der Waals surface area contributed by atoms with Crippen LogP contribution in [-0.2, 0) is 11.3 Å². The molecule has 0 saturated carbocycles. The van der Waals surface area contributed by atoms with E-state index in [1.165, 1.54) is 23.9 Å². The third-order valence-electron chi connectivity index (χ3n) is 4.40. The maximum atomic E-state index is 13.6. The molecule has 1 amide bonds. The van der Waals surface area contributed by atoms with Gasteiger partial charge in [-0.05, 0) is 31.2 Å². The summed E-state index contributed by atoms with van der Waals surface area (Å²) < 4.78 is 26.0. The molecule has 0 fully saturated rings. The van der Waals surface area contributed by atoms with Gasteiger partial charge in [-0.3, -0.25) is 9.36 Å². The molecule has 9 heteroatoms. The molecule has 4 rings (SSSR count). The predicted molar refractivity (Wildman–Crippen MR) is 112 cm³/mol. The Balaban J connectivity index is 1.50. The molecule has 1 atom stereocenters. The molecule has 1 N–H and O–H groups in total. The molecule has 0 bridgehead atoms. The lowest BCUT2D eigenvalue weighted by Crippen LogP contribution is -2.23. The second-order valence-electron chi connectivity index (χ2n) is 6.53. The first-order chi connectivity index (χ1) is 14.5. The number of rotatable bonds is 7. The zero-order chi connectivity index (χ0) is 21.1. The van der Waals surface area contributed by atoms with Gasteiger partial charge in [-0.15, -0.1) is 16.8 Å². The minimum Gasteiger partial charge on any atom is -0.454 e. The van der Waals surface area contributed by atoms with Crippen molar-refractivity contribution in [3.05, 3.63) is 60.9 Å². The van der Waals surface area contributed by atoms with Crippen LogP contribution >= 0.6 is 11.8 Å². The van der Waals surface area contributed by atoms with Gasteiger partial charge >= 0.3 is 0 Å². The normalized spacial score (nSPS) is 13.1. The third kappa shape index (κ3) is 4.16. The standard InChI is InChI=1S/C21H19FN4O3S/c1-3-9-26-19(14-5-4-6-15(22)10-14)24-25-21(26)30-13(2)20(27)23-16-7-8-17-18(11-16)29-12-28-17/h3-8,10-11,13H,1,9,12H2,2H3,(H,23,27)/t13-/m1/s1. The summed E-state index contributed by atoms with van der Waals surface area (Å²) in [5.74, 6) is 1.21. The first-order valence-electron chi connectivity index (χ1n) is 9.22. The molecular weight excluding hydrogens is 407 g/mol. The second-order valence-corrected chi connectivity index (χ2v) is 7.84. The molecule has 154 valence electrons. The zero-order valence-corrected chi connectivity index (χ0v) is 17.0. The molecule has 7 nitrogen and oxygen atoms in total. The first-order valence-corrected chi connectivity index (χ1v) is 10.1. The second kappa shape index (κ2) is 8.58. The first kappa shape index (κ1) is 20.0. The Labute approximate surface area is 176 Å². The van der Waals surface area contributed by atoms with E-state index in [4.69, 9.17) is 9.47 Å². The van der Waals surface area contributed by atoms with Gasteiger partial charge in [0.05, 0.1) is 5.25 Å². The van der Waals surface area contributed by atoms with Crippen LogP contribution in [0.1, 0.15) is 6.92 Å². The Bertz CT molecular complexity index is 1100. The zero-order valence-electron chi connectivity index (χ0n) is 16.2. The summed E-state index contributed by atoms with van der Waals surface area (Å²) in [5, 5.41) is 11.4. The maximum Gasteiger partial charge on any atom is 0.237 e. The van der Waals surface area contributed by atoms with E-state index in [2.05, 4.69) is 22.1 Å². The lowest BCUT2D eigenvalue weighted by molar-refractivity contribution is -0.115. The van der Waals surface area contributed by atoms with E-state index in [9.17, 15) is 9.18 Å². The number of thioether (sulfide) groups is 1. The molecule has 0 spiro atoms. The van der Waals surface area contributed by atoms with E-state index in [1.54, 1.807) is 47.9 Å². The summed E-state index contributed by atoms with van der Waals surface area (Å²) in [6, 6.07) is 11.4. The van der Waals surface area contributed by atoms with Crippen molar-refractivity contribution in [2.24, 2.45) is 0 Å². The minimum atomic E-state index is -0.455. The topological polar surface area (TPSA) is 78.3 Å². The van der Waals surface area contributed by atoms with Crippen LogP contribution in [0.5, 0.6) is 11.5 Å². The van der Waals surface area contributed by atoms with Crippen LogP contribution in [0.2, 0.25) is 0 Å². The third-order valence-corrected chi connectivity index (χ3v) is 5.48. The van der Waals surface area contributed by atoms with Crippen molar-refractivity contribution in [1.82, 2.24) is 14.8 Å². The Morgan fingerprint density at radius 1 is 1.30 bits per heavy atom. The van der Waals surface area contributed by atoms with Crippen LogP contribution in [0.3, 0.4) is 0 Å². The van der Waals surface area contributed by atoms with Gasteiger partial charge in [0.15, 0.2) is 22.5 Å². The van der Waals surface area contributed by atoms with E-state index in [-0.39, 0.29) is 18.5 Å². The summed E-state index contributed by atoms with van der Waals surface area (Å²) in [6.45, 7) is 6.15. The van der Waals surface area contributed by atoms with Crippen LogP contribution in [0.15, 0.2) is 60.3 Å². The number of hydrogen-bond acceptors (Lipinski definition) is 6. The molecular formula is C21H19FN4O3S. The number of halogens is 1. The number of hydrogen-bond donors (Lipinski definition) is 1. The Morgan fingerprint density at radius 2 is 2.13 bits per heavy atom. The van der Waals surface area contributed by atoms with E-state index in [0.717, 1.165) is 0 Å². The number of ether oxygens (including phenoxy) is 2. The smallest absolute Gasteiger partial charge is 0.237 e. The highest BCUT2D eigenvalue weighted by molar-refractivity contribution is 8.00. The summed E-state index contributed by atoms with van der Waals surface area (Å²) in [7, 11) is 0. The van der Waals surface area contributed by atoms with E-state index in [0.29, 0.717) is 40.3 Å². The average Bonchev–Trinajstić information content (AvgIpc) is 3.35. The average molecular weight is 426 g/mol. The van der Waals surface area contributed by atoms with Crippen molar-refractivity contribution in [1.29, 1.82) is 0 Å². The number of amides is 1. The fraction of sp³-hybridized carbons (Fsp3) is 0.190. The highest BCUT2D eigenvalue weighted by atomic mass is 32.2. The van der Waals surface area contributed by atoms with Gasteiger partial charge in [0.2, 0.25) is 12.7 Å². The highest BCUT2D eigenvalue weighted by Gasteiger charge is 2.22. The fourth-order valence-electron chi connectivity index (χ4n) is 2.94. The molecule has 3 aromatic rings. The lowest BCUT2D eigenvalue weighted by atomic mass is 10.2. The highest BCUT2D eigenvalue weighted by Crippen LogP contribution is 2.34. The van der Waals surface area contributed by atoms with Gasteiger partial charge in [0.1, 0.15) is 5.82 Å². The molecule has 0 aliphatic carbocycles. The van der Waals surface area contributed by atoms with Gasteiger partial charge in [-0.1, -0.05) is 30.0 Å². The molecule has 1 aliphatic heterocycles. The minimum absolute atomic E-state index is 0.172. The summed E-state index contributed by atoms with van der Waals surface area (Å²) in [6.07, 6.45) is 1.70. The Kier molecular flexibility index (Phi) is 5.71. The van der Waals surface area contributed by atoms with Gasteiger partial charge in [-0.2, -0.15) is 0 Å². The molecule has 1 aromatic heterocycles. The number of carbonyl (C=O) groups excluding carboxylic acids is 1. The van der Waals surface area contributed by atoms with E-state index >= 15 is 0 Å². The van der Waals surface area contributed by atoms with Crippen molar-refractivity contribution in [2.45, 2.75) is 23.9 Å². The maximum absolute atomic E-state index is 13.6. The quantitative estimate of drug-likeness (QED) is 0.452. The predicted octanol–water partition coefficient (Wildman–Crippen LogP) is 4.12. The number of allylic oxidation sites excluding steroid dienone is 1. The van der Waals surface area contributed by atoms with Crippen LogP contribution in [0.25, 0.3) is 11.4 Å². The largest absolute Gasteiger partial charge is 0.454 e. The molecule has 2 aromatic carbocycles. The number of fused-ring (bicyclic) bond motifs is 1. The van der Waals surface area contributed by atoms with Gasteiger partial charge in [-0.25, -0.2) is 4.39 Å². The van der Waals surface area contributed by atoms with Gasteiger partial charge in [0, 0.05) is 23.9 Å². The lowest BCUT2D eigenvalue weighted by Gasteiger charge is -2.13. The monoisotopic (exact) mass is 426 g/mol. The Hall–Kier alpha value is -3.33. The molecule has 0 saturated heterocycles. The molecule has 0 radical (unpaired) electrons. The van der Waals surface area contributed by atoms with Crippen molar-refractivity contribution in [2.75, 3.05) is 12.1 Å². The van der Waals surface area contributed by atoms with Crippen molar-refractivity contribution in [3.8, 4) is 22.9 Å². The summed E-state index contributed by atoms with van der Waals surface area (Å²) >= 11 is 1.26. The number of carbonyl (C=O) groups is 1. The van der Waals surface area contributed by atoms with E-state index < -0.39 is 5.25 Å². The van der Waals surface area contributed by atoms with Crippen LogP contribution in [-0.4, -0.2) is 32.7 Å². The van der Waals surface area contributed by atoms with Gasteiger partial charge in [0.25, 0.3) is 0 Å². The summed E-state index contributed by atoms with van der Waals surface area (Å²) in [4.78, 5) is 12.7. The molecule has 1 aliphatic rings.